The van der Waals surface area contributed by atoms with Crippen molar-refractivity contribution >= 4 is 28.8 Å². The van der Waals surface area contributed by atoms with Gasteiger partial charge in [-0.05, 0) is 25.0 Å². The molecule has 2 atom stereocenters. The molecule has 18 heavy (non-hydrogen) atoms. The zero-order chi connectivity index (χ0) is 13.1. The van der Waals surface area contributed by atoms with Gasteiger partial charge in [0.1, 0.15) is 0 Å². The van der Waals surface area contributed by atoms with Crippen LogP contribution >= 0.6 is 22.9 Å². The molecule has 1 aliphatic rings. The first-order chi connectivity index (χ1) is 8.58. The van der Waals surface area contributed by atoms with Crippen LogP contribution in [0.5, 0.6) is 0 Å². The van der Waals surface area contributed by atoms with Crippen molar-refractivity contribution in [3.8, 4) is 0 Å². The number of nitrogens with zero attached hydrogens (tertiary/aromatic N) is 1. The highest BCUT2D eigenvalue weighted by Gasteiger charge is 2.30. The minimum Gasteiger partial charge on any atom is -0.340 e. The smallest absolute Gasteiger partial charge is 0.227 e. The number of hydrogen-bond acceptors (Lipinski definition) is 3. The predicted octanol–water partition coefficient (Wildman–Crippen LogP) is 2.88. The number of amides is 1. The summed E-state index contributed by atoms with van der Waals surface area (Å²) in [5, 5.41) is 0. The molecular formula is C13H19ClN2OS. The Labute approximate surface area is 117 Å². The fourth-order valence-electron chi connectivity index (χ4n) is 2.50. The summed E-state index contributed by atoms with van der Waals surface area (Å²) >= 11 is 7.41. The van der Waals surface area contributed by atoms with Crippen LogP contribution in [0.25, 0.3) is 0 Å². The SMILES string of the molecule is CN(Cc1ccc(Cl)s1)C(=O)C1CCCCC1N. The van der Waals surface area contributed by atoms with E-state index < -0.39 is 0 Å². The van der Waals surface area contributed by atoms with Crippen LogP contribution in [0.4, 0.5) is 0 Å². The predicted molar refractivity (Wildman–Crippen MR) is 75.7 cm³/mol. The van der Waals surface area contributed by atoms with E-state index in [1.807, 2.05) is 19.2 Å². The van der Waals surface area contributed by atoms with Crippen LogP contribution in [0.2, 0.25) is 4.34 Å². The summed E-state index contributed by atoms with van der Waals surface area (Å²) in [6.07, 6.45) is 4.16. The third kappa shape index (κ3) is 3.25. The van der Waals surface area contributed by atoms with E-state index in [2.05, 4.69) is 0 Å². The Morgan fingerprint density at radius 3 is 2.83 bits per heavy atom. The Kier molecular flexibility index (Phi) is 4.65. The van der Waals surface area contributed by atoms with Crippen LogP contribution in [-0.4, -0.2) is 23.9 Å². The minimum atomic E-state index is -0.000755. The summed E-state index contributed by atoms with van der Waals surface area (Å²) < 4.78 is 0.764. The molecule has 1 aromatic heterocycles. The maximum absolute atomic E-state index is 12.3. The third-order valence-electron chi connectivity index (χ3n) is 3.53. The topological polar surface area (TPSA) is 46.3 Å². The van der Waals surface area contributed by atoms with Gasteiger partial charge in [0.05, 0.1) is 16.8 Å². The molecule has 1 fully saturated rings. The van der Waals surface area contributed by atoms with Crippen molar-refractivity contribution in [1.29, 1.82) is 0 Å². The number of carbonyl (C=O) groups excluding carboxylic acids is 1. The van der Waals surface area contributed by atoms with Crippen molar-refractivity contribution in [3.05, 3.63) is 21.3 Å². The van der Waals surface area contributed by atoms with Gasteiger partial charge in [0, 0.05) is 18.0 Å². The van der Waals surface area contributed by atoms with Gasteiger partial charge in [-0.3, -0.25) is 4.79 Å². The average Bonchev–Trinajstić information content (AvgIpc) is 2.74. The van der Waals surface area contributed by atoms with Crippen molar-refractivity contribution in [2.24, 2.45) is 11.7 Å². The van der Waals surface area contributed by atoms with Crippen LogP contribution in [0.15, 0.2) is 12.1 Å². The minimum absolute atomic E-state index is 0.000755. The standard InChI is InChI=1S/C13H19ClN2OS/c1-16(8-9-6-7-12(14)18-9)13(17)10-4-2-3-5-11(10)15/h6-7,10-11H,2-5,8,15H2,1H3. The van der Waals surface area contributed by atoms with Gasteiger partial charge in [0.2, 0.25) is 5.91 Å². The van der Waals surface area contributed by atoms with Gasteiger partial charge in [0.15, 0.2) is 0 Å². The zero-order valence-electron chi connectivity index (χ0n) is 10.6. The number of hydrogen-bond donors (Lipinski definition) is 1. The van der Waals surface area contributed by atoms with Gasteiger partial charge in [-0.15, -0.1) is 11.3 Å². The second-order valence-electron chi connectivity index (χ2n) is 4.95. The van der Waals surface area contributed by atoms with Gasteiger partial charge >= 0.3 is 0 Å². The van der Waals surface area contributed by atoms with Crippen molar-refractivity contribution in [1.82, 2.24) is 4.90 Å². The molecule has 5 heteroatoms. The van der Waals surface area contributed by atoms with E-state index in [0.29, 0.717) is 6.54 Å². The van der Waals surface area contributed by atoms with Crippen LogP contribution in [-0.2, 0) is 11.3 Å². The maximum Gasteiger partial charge on any atom is 0.227 e. The summed E-state index contributed by atoms with van der Waals surface area (Å²) in [6, 6.07) is 3.87. The first-order valence-corrected chi connectivity index (χ1v) is 7.52. The number of thiophene rings is 1. The van der Waals surface area contributed by atoms with E-state index in [0.717, 1.165) is 34.9 Å². The van der Waals surface area contributed by atoms with Crippen LogP contribution in [0, 0.1) is 5.92 Å². The summed E-state index contributed by atoms with van der Waals surface area (Å²) in [5.74, 6) is 0.172. The third-order valence-corrected chi connectivity index (χ3v) is 4.75. The van der Waals surface area contributed by atoms with Gasteiger partial charge < -0.3 is 10.6 Å². The monoisotopic (exact) mass is 286 g/mol. The van der Waals surface area contributed by atoms with Gasteiger partial charge in [0.25, 0.3) is 0 Å². The molecule has 1 amide bonds. The highest BCUT2D eigenvalue weighted by Crippen LogP contribution is 2.26. The Bertz CT molecular complexity index is 421. The molecule has 2 rings (SSSR count). The Balaban J connectivity index is 1.95. The van der Waals surface area contributed by atoms with E-state index in [1.54, 1.807) is 4.90 Å². The Hall–Kier alpha value is -0.580. The molecule has 100 valence electrons. The lowest BCUT2D eigenvalue weighted by Crippen LogP contribution is -2.44. The van der Waals surface area contributed by atoms with Gasteiger partial charge in [-0.2, -0.15) is 0 Å². The van der Waals surface area contributed by atoms with Crippen molar-refractivity contribution in [2.75, 3.05) is 7.05 Å². The lowest BCUT2D eigenvalue weighted by Gasteiger charge is -2.30. The maximum atomic E-state index is 12.3. The van der Waals surface area contributed by atoms with E-state index >= 15 is 0 Å². The quantitative estimate of drug-likeness (QED) is 0.929. The van der Waals surface area contributed by atoms with Crippen LogP contribution < -0.4 is 5.73 Å². The lowest BCUT2D eigenvalue weighted by molar-refractivity contribution is -0.136. The van der Waals surface area contributed by atoms with E-state index in [1.165, 1.54) is 11.3 Å². The molecule has 0 aliphatic heterocycles. The molecule has 2 N–H and O–H groups in total. The average molecular weight is 287 g/mol. The van der Waals surface area contributed by atoms with Crippen molar-refractivity contribution in [2.45, 2.75) is 38.3 Å². The molecule has 1 aliphatic carbocycles. The fraction of sp³-hybridized carbons (Fsp3) is 0.615. The van der Waals surface area contributed by atoms with E-state index in [9.17, 15) is 4.79 Å². The number of halogens is 1. The molecule has 0 aromatic carbocycles. The van der Waals surface area contributed by atoms with E-state index in [4.69, 9.17) is 17.3 Å². The molecule has 2 unspecified atom stereocenters. The van der Waals surface area contributed by atoms with Gasteiger partial charge in [-0.25, -0.2) is 0 Å². The number of nitrogens with two attached hydrogens (primary N) is 1. The van der Waals surface area contributed by atoms with Crippen molar-refractivity contribution < 1.29 is 4.79 Å². The summed E-state index contributed by atoms with van der Waals surface area (Å²) in [5.41, 5.74) is 6.05. The lowest BCUT2D eigenvalue weighted by atomic mass is 9.84. The van der Waals surface area contributed by atoms with Crippen LogP contribution in [0.3, 0.4) is 0 Å². The zero-order valence-corrected chi connectivity index (χ0v) is 12.1. The molecular weight excluding hydrogens is 268 g/mol. The highest BCUT2D eigenvalue weighted by molar-refractivity contribution is 7.16. The molecule has 0 radical (unpaired) electrons. The molecule has 1 saturated carbocycles. The largest absolute Gasteiger partial charge is 0.340 e. The molecule has 0 saturated heterocycles. The van der Waals surface area contributed by atoms with Gasteiger partial charge in [-0.1, -0.05) is 24.4 Å². The first kappa shape index (κ1) is 13.8. The summed E-state index contributed by atoms with van der Waals surface area (Å²) in [7, 11) is 1.84. The molecule has 1 aromatic rings. The highest BCUT2D eigenvalue weighted by atomic mass is 35.5. The molecule has 0 spiro atoms. The summed E-state index contributed by atoms with van der Waals surface area (Å²) in [6.45, 7) is 0.624. The second kappa shape index (κ2) is 6.04. The van der Waals surface area contributed by atoms with E-state index in [-0.39, 0.29) is 17.9 Å². The first-order valence-electron chi connectivity index (χ1n) is 6.32. The summed E-state index contributed by atoms with van der Waals surface area (Å²) in [4.78, 5) is 15.2. The normalized spacial score (nSPS) is 23.9. The van der Waals surface area contributed by atoms with Crippen LogP contribution in [0.1, 0.15) is 30.6 Å². The number of rotatable bonds is 3. The molecule has 1 heterocycles. The fourth-order valence-corrected chi connectivity index (χ4v) is 3.64. The Morgan fingerprint density at radius 1 is 1.50 bits per heavy atom. The molecule has 0 bridgehead atoms. The Morgan fingerprint density at radius 2 is 2.22 bits per heavy atom. The molecule has 3 nitrogen and oxygen atoms in total. The second-order valence-corrected chi connectivity index (χ2v) is 6.75. The number of carbonyl (C=O) groups is 1. The van der Waals surface area contributed by atoms with Crippen molar-refractivity contribution in [3.63, 3.8) is 0 Å².